The summed E-state index contributed by atoms with van der Waals surface area (Å²) in [5, 5.41) is 0.605. The molecule has 5 nitrogen and oxygen atoms in total. The molecule has 0 aliphatic carbocycles. The lowest BCUT2D eigenvalue weighted by Gasteiger charge is -2.11. The fourth-order valence-electron chi connectivity index (χ4n) is 3.51. The summed E-state index contributed by atoms with van der Waals surface area (Å²) < 4.78 is 31.6. The van der Waals surface area contributed by atoms with Crippen molar-refractivity contribution >= 4 is 27.1 Å². The van der Waals surface area contributed by atoms with Gasteiger partial charge in [-0.15, -0.1) is 0 Å². The predicted molar refractivity (Wildman–Crippen MR) is 124 cm³/mol. The van der Waals surface area contributed by atoms with E-state index in [-0.39, 0.29) is 17.4 Å². The second kappa shape index (κ2) is 8.36. The number of rotatable bonds is 6. The van der Waals surface area contributed by atoms with E-state index in [2.05, 4.69) is 13.8 Å². The fraction of sp³-hybridized carbons (Fsp3) is 0.208. The van der Waals surface area contributed by atoms with Gasteiger partial charge in [-0.3, -0.25) is 4.40 Å². The monoisotopic (exact) mass is 454 g/mol. The molecule has 0 unspecified atom stereocenters. The Kier molecular flexibility index (Phi) is 5.77. The first-order valence-corrected chi connectivity index (χ1v) is 12.2. The minimum absolute atomic E-state index is 0.217. The van der Waals surface area contributed by atoms with Crippen LogP contribution < -0.4 is 4.74 Å². The molecule has 0 fully saturated rings. The molecule has 0 spiro atoms. The van der Waals surface area contributed by atoms with E-state index in [0.29, 0.717) is 10.8 Å². The summed E-state index contributed by atoms with van der Waals surface area (Å²) >= 11 is 6.38. The molecule has 7 heteroatoms. The van der Waals surface area contributed by atoms with Crippen LogP contribution in [0.5, 0.6) is 5.75 Å². The number of hydrogen-bond donors (Lipinski definition) is 0. The second-order valence-electron chi connectivity index (χ2n) is 7.79. The molecule has 0 aliphatic rings. The summed E-state index contributed by atoms with van der Waals surface area (Å²) in [6, 6.07) is 18.3. The highest BCUT2D eigenvalue weighted by Gasteiger charge is 2.18. The third kappa shape index (κ3) is 4.45. The second-order valence-corrected chi connectivity index (χ2v) is 10.2. The minimum Gasteiger partial charge on any atom is -0.489 e. The molecular formula is C24H23ClN2O3S. The first-order chi connectivity index (χ1) is 14.7. The van der Waals surface area contributed by atoms with Crippen molar-refractivity contribution in [2.75, 3.05) is 6.26 Å². The van der Waals surface area contributed by atoms with Crippen LogP contribution in [-0.4, -0.2) is 24.1 Å². The molecule has 2 heterocycles. The van der Waals surface area contributed by atoms with E-state index < -0.39 is 9.84 Å². The van der Waals surface area contributed by atoms with E-state index in [1.807, 2.05) is 53.1 Å². The average molecular weight is 455 g/mol. The number of aromatic nitrogens is 2. The van der Waals surface area contributed by atoms with Crippen LogP contribution in [0.4, 0.5) is 0 Å². The Labute approximate surface area is 187 Å². The normalized spacial score (nSPS) is 11.9. The van der Waals surface area contributed by atoms with Crippen molar-refractivity contribution < 1.29 is 13.2 Å². The van der Waals surface area contributed by atoms with Crippen molar-refractivity contribution in [2.24, 2.45) is 0 Å². The quantitative estimate of drug-likeness (QED) is 0.371. The number of imidazole rings is 1. The van der Waals surface area contributed by atoms with Gasteiger partial charge in [-0.05, 0) is 47.9 Å². The molecule has 160 valence electrons. The fourth-order valence-corrected chi connectivity index (χ4v) is 4.40. The predicted octanol–water partition coefficient (Wildman–Crippen LogP) is 5.76. The van der Waals surface area contributed by atoms with Crippen LogP contribution in [0.2, 0.25) is 5.02 Å². The molecule has 0 bridgehead atoms. The highest BCUT2D eigenvalue weighted by Crippen LogP contribution is 2.34. The molecule has 0 saturated heterocycles. The molecule has 0 amide bonds. The van der Waals surface area contributed by atoms with Crippen molar-refractivity contribution in [3.63, 3.8) is 0 Å². The Hall–Kier alpha value is -2.83. The summed E-state index contributed by atoms with van der Waals surface area (Å²) in [5.74, 6) is 0.906. The van der Waals surface area contributed by atoms with Gasteiger partial charge in [0, 0.05) is 18.0 Å². The van der Waals surface area contributed by atoms with E-state index in [1.165, 1.54) is 6.26 Å². The molecule has 0 atom stereocenters. The molecule has 0 saturated carbocycles. The maximum Gasteiger partial charge on any atom is 0.175 e. The zero-order valence-electron chi connectivity index (χ0n) is 17.5. The smallest absolute Gasteiger partial charge is 0.175 e. The van der Waals surface area contributed by atoms with E-state index in [9.17, 15) is 8.42 Å². The summed E-state index contributed by atoms with van der Waals surface area (Å²) in [4.78, 5) is 5.06. The number of nitrogens with zero attached hydrogens (tertiary/aromatic N) is 2. The summed E-state index contributed by atoms with van der Waals surface area (Å²) in [7, 11) is -3.26. The van der Waals surface area contributed by atoms with Gasteiger partial charge in [0.25, 0.3) is 0 Å². The Bertz CT molecular complexity index is 1360. The van der Waals surface area contributed by atoms with E-state index >= 15 is 0 Å². The van der Waals surface area contributed by atoms with Crippen molar-refractivity contribution in [1.29, 1.82) is 0 Å². The lowest BCUT2D eigenvalue weighted by Crippen LogP contribution is -2.01. The lowest BCUT2D eigenvalue weighted by molar-refractivity contribution is 0.306. The maximum absolute atomic E-state index is 11.8. The molecular weight excluding hydrogens is 432 g/mol. The largest absolute Gasteiger partial charge is 0.489 e. The number of halogens is 1. The Morgan fingerprint density at radius 3 is 2.58 bits per heavy atom. The molecule has 2 aromatic carbocycles. The van der Waals surface area contributed by atoms with Gasteiger partial charge in [-0.2, -0.15) is 0 Å². The number of ether oxygens (including phenoxy) is 1. The number of benzene rings is 2. The van der Waals surface area contributed by atoms with E-state index in [4.69, 9.17) is 21.3 Å². The molecule has 4 aromatic rings. The molecule has 0 aliphatic heterocycles. The van der Waals surface area contributed by atoms with Crippen LogP contribution >= 0.6 is 11.6 Å². The van der Waals surface area contributed by atoms with Gasteiger partial charge in [-0.1, -0.05) is 49.7 Å². The van der Waals surface area contributed by atoms with Gasteiger partial charge in [-0.25, -0.2) is 13.4 Å². The van der Waals surface area contributed by atoms with Gasteiger partial charge < -0.3 is 4.74 Å². The lowest BCUT2D eigenvalue weighted by atomic mass is 10.0. The minimum atomic E-state index is -3.26. The first-order valence-electron chi connectivity index (χ1n) is 9.93. The van der Waals surface area contributed by atoms with E-state index in [1.54, 1.807) is 18.2 Å². The van der Waals surface area contributed by atoms with Crippen LogP contribution in [-0.2, 0) is 16.4 Å². The number of sulfone groups is 1. The highest BCUT2D eigenvalue weighted by molar-refractivity contribution is 7.90. The van der Waals surface area contributed by atoms with Gasteiger partial charge in [0.1, 0.15) is 12.4 Å². The van der Waals surface area contributed by atoms with E-state index in [0.717, 1.165) is 28.2 Å². The van der Waals surface area contributed by atoms with Crippen molar-refractivity contribution in [3.8, 4) is 17.0 Å². The number of pyridine rings is 1. The third-order valence-electron chi connectivity index (χ3n) is 5.02. The van der Waals surface area contributed by atoms with Crippen LogP contribution in [0.3, 0.4) is 0 Å². The molecule has 2 aromatic heterocycles. The van der Waals surface area contributed by atoms with Crippen molar-refractivity contribution in [2.45, 2.75) is 31.3 Å². The van der Waals surface area contributed by atoms with Crippen LogP contribution in [0.1, 0.15) is 31.0 Å². The van der Waals surface area contributed by atoms with Crippen LogP contribution in [0, 0.1) is 0 Å². The van der Waals surface area contributed by atoms with Gasteiger partial charge in [0.05, 0.1) is 21.3 Å². The highest BCUT2D eigenvalue weighted by atomic mass is 35.5. The molecule has 31 heavy (non-hydrogen) atoms. The molecule has 4 rings (SSSR count). The number of fused-ring (bicyclic) bond motifs is 1. The third-order valence-corrected chi connectivity index (χ3v) is 6.42. The molecule has 0 N–H and O–H groups in total. The zero-order valence-corrected chi connectivity index (χ0v) is 19.1. The van der Waals surface area contributed by atoms with Crippen LogP contribution in [0.15, 0.2) is 71.8 Å². The Balaban J connectivity index is 1.67. The van der Waals surface area contributed by atoms with Gasteiger partial charge in [0.15, 0.2) is 15.5 Å². The first kappa shape index (κ1) is 21.4. The summed E-state index contributed by atoms with van der Waals surface area (Å²) in [6.07, 6.45) is 3.16. The van der Waals surface area contributed by atoms with Crippen LogP contribution in [0.25, 0.3) is 16.9 Å². The Morgan fingerprint density at radius 1 is 1.06 bits per heavy atom. The number of hydrogen-bond acceptors (Lipinski definition) is 4. The van der Waals surface area contributed by atoms with Crippen molar-refractivity contribution in [3.05, 3.63) is 83.1 Å². The SMILES string of the molecule is CC(C)c1nc2c(Cl)cccn2c1-c1cccc(OCc2cccc(S(C)(=O)=O)c2)c1. The standard InChI is InChI=1S/C24H23ClN2O3S/c1-16(2)22-23(27-12-6-11-21(25)24(27)26-22)18-8-5-9-19(14-18)30-15-17-7-4-10-20(13-17)31(3,28)29/h4-14,16H,15H2,1-3H3. The van der Waals surface area contributed by atoms with Gasteiger partial charge >= 0.3 is 0 Å². The van der Waals surface area contributed by atoms with Crippen molar-refractivity contribution in [1.82, 2.24) is 9.38 Å². The zero-order chi connectivity index (χ0) is 22.2. The molecule has 0 radical (unpaired) electrons. The average Bonchev–Trinajstić information content (AvgIpc) is 3.13. The topological polar surface area (TPSA) is 60.7 Å². The summed E-state index contributed by atoms with van der Waals surface area (Å²) in [6.45, 7) is 4.48. The Morgan fingerprint density at radius 2 is 1.84 bits per heavy atom. The maximum atomic E-state index is 11.8. The van der Waals surface area contributed by atoms with Gasteiger partial charge in [0.2, 0.25) is 0 Å². The summed E-state index contributed by atoms with van der Waals surface area (Å²) in [5.41, 5.74) is 4.44.